The van der Waals surface area contributed by atoms with Crippen LogP contribution in [0.3, 0.4) is 0 Å². The lowest BCUT2D eigenvalue weighted by Gasteiger charge is -1.94. The van der Waals surface area contributed by atoms with Crippen LogP contribution in [0.4, 0.5) is 8.78 Å². The highest BCUT2D eigenvalue weighted by Crippen LogP contribution is 2.36. The predicted molar refractivity (Wildman–Crippen MR) is 57.0 cm³/mol. The molecule has 0 fully saturated rings. The molecule has 0 saturated carbocycles. The molecule has 0 spiro atoms. The minimum absolute atomic E-state index is 0.232. The van der Waals surface area contributed by atoms with Crippen LogP contribution in [0.25, 0.3) is 21.9 Å². The lowest BCUT2D eigenvalue weighted by molar-refractivity contribution is 0.424. The Morgan fingerprint density at radius 3 is 1.59 bits per heavy atom. The Morgan fingerprint density at radius 2 is 1.18 bits per heavy atom. The molecular formula is C12H6F2O3. The van der Waals surface area contributed by atoms with Gasteiger partial charge in [-0.1, -0.05) is 0 Å². The second kappa shape index (κ2) is 3.10. The minimum Gasteiger partial charge on any atom is -0.505 e. The van der Waals surface area contributed by atoms with Crippen LogP contribution in [0.15, 0.2) is 28.7 Å². The topological polar surface area (TPSA) is 53.6 Å². The molecule has 5 heteroatoms. The average molecular weight is 236 g/mol. The van der Waals surface area contributed by atoms with Gasteiger partial charge in [-0.05, 0) is 24.3 Å². The first-order valence-electron chi connectivity index (χ1n) is 4.80. The Labute approximate surface area is 93.5 Å². The Balaban J connectivity index is 2.58. The van der Waals surface area contributed by atoms with Gasteiger partial charge in [0.1, 0.15) is 0 Å². The van der Waals surface area contributed by atoms with Crippen LogP contribution in [-0.2, 0) is 0 Å². The fraction of sp³-hybridized carbons (Fsp3) is 0. The van der Waals surface area contributed by atoms with E-state index in [1.54, 1.807) is 0 Å². The van der Waals surface area contributed by atoms with Crippen molar-refractivity contribution in [3.8, 4) is 11.5 Å². The minimum atomic E-state index is -0.947. The number of aromatic hydroxyl groups is 2. The normalized spacial score (nSPS) is 11.4. The molecule has 1 heterocycles. The lowest BCUT2D eigenvalue weighted by atomic mass is 10.1. The first kappa shape index (κ1) is 9.89. The number of benzene rings is 2. The van der Waals surface area contributed by atoms with Crippen molar-refractivity contribution in [1.29, 1.82) is 0 Å². The summed E-state index contributed by atoms with van der Waals surface area (Å²) in [7, 11) is 0. The zero-order chi connectivity index (χ0) is 12.2. The number of halogens is 2. The number of fused-ring (bicyclic) bond motifs is 3. The Hall–Kier alpha value is -2.30. The van der Waals surface area contributed by atoms with Crippen molar-refractivity contribution in [2.24, 2.45) is 0 Å². The lowest BCUT2D eigenvalue weighted by Crippen LogP contribution is -1.76. The van der Waals surface area contributed by atoms with Gasteiger partial charge in [-0.3, -0.25) is 0 Å². The largest absolute Gasteiger partial charge is 0.505 e. The van der Waals surface area contributed by atoms with E-state index in [2.05, 4.69) is 0 Å². The molecule has 1 aromatic heterocycles. The van der Waals surface area contributed by atoms with E-state index in [0.29, 0.717) is 10.8 Å². The van der Waals surface area contributed by atoms with Crippen LogP contribution < -0.4 is 0 Å². The average Bonchev–Trinajstić information content (AvgIpc) is 2.69. The molecule has 2 N–H and O–H groups in total. The van der Waals surface area contributed by atoms with Crippen molar-refractivity contribution in [1.82, 2.24) is 0 Å². The van der Waals surface area contributed by atoms with E-state index in [0.717, 1.165) is 12.1 Å². The summed E-state index contributed by atoms with van der Waals surface area (Å²) < 4.78 is 32.1. The molecule has 0 aliphatic carbocycles. The number of furan rings is 1. The number of hydrogen-bond donors (Lipinski definition) is 2. The maximum absolute atomic E-state index is 13.5. The highest BCUT2D eigenvalue weighted by atomic mass is 19.1. The molecule has 0 atom stereocenters. The molecule has 0 aliphatic rings. The van der Waals surface area contributed by atoms with Gasteiger partial charge in [0.2, 0.25) is 11.6 Å². The van der Waals surface area contributed by atoms with E-state index in [9.17, 15) is 19.0 Å². The smallest absolute Gasteiger partial charge is 0.207 e. The first-order valence-corrected chi connectivity index (χ1v) is 4.80. The molecule has 3 aromatic rings. The van der Waals surface area contributed by atoms with E-state index >= 15 is 0 Å². The van der Waals surface area contributed by atoms with Crippen LogP contribution in [0.5, 0.6) is 11.5 Å². The number of rotatable bonds is 0. The van der Waals surface area contributed by atoms with Crippen LogP contribution in [0.2, 0.25) is 0 Å². The number of phenols is 2. The summed E-state index contributed by atoms with van der Waals surface area (Å²) in [4.78, 5) is 0. The van der Waals surface area contributed by atoms with Crippen molar-refractivity contribution in [3.05, 3.63) is 35.9 Å². The molecule has 2 aromatic carbocycles. The number of hydrogen-bond acceptors (Lipinski definition) is 3. The van der Waals surface area contributed by atoms with Crippen LogP contribution in [0.1, 0.15) is 0 Å². The van der Waals surface area contributed by atoms with E-state index in [-0.39, 0.29) is 11.2 Å². The standard InChI is InChI=1S/C12H6F2O3/c13-9-7(15)3-1-5-6-2-4-8(16)10(14)12(6)17-11(5)9/h1-4,15-16H. The maximum Gasteiger partial charge on any atom is 0.207 e. The molecule has 0 amide bonds. The van der Waals surface area contributed by atoms with E-state index < -0.39 is 23.1 Å². The van der Waals surface area contributed by atoms with Gasteiger partial charge >= 0.3 is 0 Å². The summed E-state index contributed by atoms with van der Waals surface area (Å²) in [5.41, 5.74) is -0.464. The van der Waals surface area contributed by atoms with Crippen molar-refractivity contribution in [3.63, 3.8) is 0 Å². The molecular weight excluding hydrogens is 230 g/mol. The summed E-state index contributed by atoms with van der Waals surface area (Å²) in [6.07, 6.45) is 0. The monoisotopic (exact) mass is 236 g/mol. The van der Waals surface area contributed by atoms with Crippen LogP contribution >= 0.6 is 0 Å². The fourth-order valence-corrected chi connectivity index (χ4v) is 1.82. The van der Waals surface area contributed by atoms with Gasteiger partial charge in [-0.25, -0.2) is 0 Å². The third kappa shape index (κ3) is 1.19. The molecule has 0 bridgehead atoms. The van der Waals surface area contributed by atoms with Crippen molar-refractivity contribution in [2.75, 3.05) is 0 Å². The van der Waals surface area contributed by atoms with Gasteiger partial charge in [0.05, 0.1) is 0 Å². The number of phenolic OH excluding ortho intramolecular Hbond substituents is 2. The molecule has 86 valence electrons. The van der Waals surface area contributed by atoms with Gasteiger partial charge in [-0.2, -0.15) is 8.78 Å². The summed E-state index contributed by atoms with van der Waals surface area (Å²) in [6, 6.07) is 5.18. The summed E-state index contributed by atoms with van der Waals surface area (Å²) in [5, 5.41) is 19.1. The molecule has 0 radical (unpaired) electrons. The maximum atomic E-state index is 13.5. The second-order valence-electron chi connectivity index (χ2n) is 3.65. The highest BCUT2D eigenvalue weighted by molar-refractivity contribution is 6.05. The predicted octanol–water partition coefficient (Wildman–Crippen LogP) is 3.28. The van der Waals surface area contributed by atoms with Gasteiger partial charge in [0, 0.05) is 10.8 Å². The van der Waals surface area contributed by atoms with Crippen molar-refractivity contribution >= 4 is 21.9 Å². The molecule has 17 heavy (non-hydrogen) atoms. The van der Waals surface area contributed by atoms with Gasteiger partial charge in [0.25, 0.3) is 0 Å². The van der Waals surface area contributed by atoms with E-state index in [1.807, 2.05) is 0 Å². The molecule has 3 nitrogen and oxygen atoms in total. The Kier molecular flexibility index (Phi) is 1.80. The molecule has 0 aliphatic heterocycles. The van der Waals surface area contributed by atoms with E-state index in [4.69, 9.17) is 4.42 Å². The molecule has 0 unspecified atom stereocenters. The first-order chi connectivity index (χ1) is 8.09. The second-order valence-corrected chi connectivity index (χ2v) is 3.65. The van der Waals surface area contributed by atoms with Gasteiger partial charge in [-0.15, -0.1) is 0 Å². The van der Waals surface area contributed by atoms with Crippen LogP contribution in [-0.4, -0.2) is 10.2 Å². The van der Waals surface area contributed by atoms with Crippen molar-refractivity contribution in [2.45, 2.75) is 0 Å². The van der Waals surface area contributed by atoms with E-state index in [1.165, 1.54) is 12.1 Å². The highest BCUT2D eigenvalue weighted by Gasteiger charge is 2.18. The zero-order valence-corrected chi connectivity index (χ0v) is 8.37. The molecule has 0 saturated heterocycles. The summed E-state index contributed by atoms with van der Waals surface area (Å²) in [5.74, 6) is -3.03. The molecule has 3 rings (SSSR count). The fourth-order valence-electron chi connectivity index (χ4n) is 1.82. The third-order valence-corrected chi connectivity index (χ3v) is 2.65. The van der Waals surface area contributed by atoms with Gasteiger partial charge in [0.15, 0.2) is 22.7 Å². The summed E-state index contributed by atoms with van der Waals surface area (Å²) in [6.45, 7) is 0. The van der Waals surface area contributed by atoms with Gasteiger partial charge < -0.3 is 14.6 Å². The SMILES string of the molecule is Oc1ccc2c(oc3c(F)c(O)ccc32)c1F. The third-order valence-electron chi connectivity index (χ3n) is 2.65. The quantitative estimate of drug-likeness (QED) is 0.629. The summed E-state index contributed by atoms with van der Waals surface area (Å²) >= 11 is 0. The van der Waals surface area contributed by atoms with Crippen molar-refractivity contribution < 1.29 is 23.4 Å². The van der Waals surface area contributed by atoms with Crippen LogP contribution in [0, 0.1) is 11.6 Å². The Morgan fingerprint density at radius 1 is 0.765 bits per heavy atom. The Bertz CT molecular complexity index is 684. The zero-order valence-electron chi connectivity index (χ0n) is 8.37.